The molecule has 0 aliphatic carbocycles. The van der Waals surface area contributed by atoms with Crippen molar-refractivity contribution in [2.24, 2.45) is 5.92 Å². The first kappa shape index (κ1) is 20.5. The number of halogens is 1. The summed E-state index contributed by atoms with van der Waals surface area (Å²) in [6.07, 6.45) is 10.3. The molecule has 1 unspecified atom stereocenters. The zero-order chi connectivity index (χ0) is 18.8. The van der Waals surface area contributed by atoms with Crippen molar-refractivity contribution in [1.82, 2.24) is 0 Å². The van der Waals surface area contributed by atoms with E-state index in [1.807, 2.05) is 18.2 Å². The number of hydrogen-bond donors (Lipinski definition) is 0. The van der Waals surface area contributed by atoms with Crippen molar-refractivity contribution in [2.45, 2.75) is 39.7 Å². The molecule has 0 N–H and O–H groups in total. The highest BCUT2D eigenvalue weighted by molar-refractivity contribution is 5.59. The van der Waals surface area contributed by atoms with E-state index >= 15 is 0 Å². The SMILES string of the molecule is C#C.C=C1CC(c2ccccc2)N1c1ccc(F)cc1.CCC(C)C. The second kappa shape index (κ2) is 10.4. The number of benzene rings is 2. The fourth-order valence-corrected chi connectivity index (χ4v) is 2.43. The van der Waals surface area contributed by atoms with Gasteiger partial charge in [-0.05, 0) is 35.7 Å². The maximum absolute atomic E-state index is 12.9. The Kier molecular flexibility index (Phi) is 8.50. The van der Waals surface area contributed by atoms with Gasteiger partial charge in [0, 0.05) is 17.8 Å². The van der Waals surface area contributed by atoms with Crippen molar-refractivity contribution in [2.75, 3.05) is 4.90 Å². The maximum Gasteiger partial charge on any atom is 0.123 e. The van der Waals surface area contributed by atoms with Crippen LogP contribution in [0.1, 0.15) is 45.2 Å². The van der Waals surface area contributed by atoms with Gasteiger partial charge in [-0.2, -0.15) is 0 Å². The molecule has 0 saturated carbocycles. The van der Waals surface area contributed by atoms with Gasteiger partial charge in [0.05, 0.1) is 6.04 Å². The van der Waals surface area contributed by atoms with E-state index in [1.54, 1.807) is 12.1 Å². The Morgan fingerprint density at radius 3 is 2.04 bits per heavy atom. The zero-order valence-corrected chi connectivity index (χ0v) is 15.5. The number of nitrogens with zero attached hydrogens (tertiary/aromatic N) is 1. The fraction of sp³-hybridized carbons (Fsp3) is 0.304. The molecule has 1 saturated heterocycles. The average molecular weight is 337 g/mol. The third-order valence-electron chi connectivity index (χ3n) is 4.19. The molecule has 0 spiro atoms. The summed E-state index contributed by atoms with van der Waals surface area (Å²) < 4.78 is 12.9. The predicted octanol–water partition coefficient (Wildman–Crippen LogP) is 6.59. The second-order valence-corrected chi connectivity index (χ2v) is 6.35. The molecule has 1 heterocycles. The number of terminal acetylenes is 1. The molecule has 3 rings (SSSR count). The van der Waals surface area contributed by atoms with E-state index in [0.29, 0.717) is 6.04 Å². The lowest BCUT2D eigenvalue weighted by Gasteiger charge is -2.45. The van der Waals surface area contributed by atoms with Gasteiger partial charge < -0.3 is 4.90 Å². The van der Waals surface area contributed by atoms with Gasteiger partial charge in [0.15, 0.2) is 0 Å². The van der Waals surface area contributed by atoms with Crippen molar-refractivity contribution >= 4 is 5.69 Å². The van der Waals surface area contributed by atoms with Crippen LogP contribution in [0.4, 0.5) is 10.1 Å². The first-order chi connectivity index (χ1) is 12.0. The molecule has 0 amide bonds. The first-order valence-corrected chi connectivity index (χ1v) is 8.63. The molecule has 2 aromatic rings. The largest absolute Gasteiger partial charge is 0.338 e. The highest BCUT2D eigenvalue weighted by Gasteiger charge is 2.33. The van der Waals surface area contributed by atoms with E-state index < -0.39 is 0 Å². The summed E-state index contributed by atoms with van der Waals surface area (Å²) in [4.78, 5) is 2.16. The molecule has 0 aromatic heterocycles. The van der Waals surface area contributed by atoms with Crippen LogP contribution in [0.3, 0.4) is 0 Å². The van der Waals surface area contributed by atoms with Gasteiger partial charge >= 0.3 is 0 Å². The van der Waals surface area contributed by atoms with Gasteiger partial charge in [-0.25, -0.2) is 4.39 Å². The molecule has 132 valence electrons. The molecule has 1 nitrogen and oxygen atoms in total. The van der Waals surface area contributed by atoms with E-state index in [1.165, 1.54) is 24.1 Å². The van der Waals surface area contributed by atoms with Crippen LogP contribution in [0.5, 0.6) is 0 Å². The van der Waals surface area contributed by atoms with Crippen LogP contribution in [0.15, 0.2) is 66.9 Å². The summed E-state index contributed by atoms with van der Waals surface area (Å²) in [6, 6.07) is 17.2. The molecule has 0 radical (unpaired) electrons. The van der Waals surface area contributed by atoms with Gasteiger partial charge in [-0.15, -0.1) is 12.8 Å². The van der Waals surface area contributed by atoms with Crippen LogP contribution >= 0.6 is 0 Å². The third-order valence-corrected chi connectivity index (χ3v) is 4.19. The van der Waals surface area contributed by atoms with Crippen molar-refractivity contribution in [3.8, 4) is 12.8 Å². The molecular formula is C23H28FN. The Morgan fingerprint density at radius 2 is 1.60 bits per heavy atom. The molecular weight excluding hydrogens is 309 g/mol. The normalized spacial score (nSPS) is 15.4. The van der Waals surface area contributed by atoms with E-state index in [9.17, 15) is 4.39 Å². The standard InChI is InChI=1S/C16H14FN.C5H12.C2H2/c1-12-11-16(13-5-3-2-4-6-13)18(12)15-9-7-14(17)8-10-15;1-4-5(2)3;1-2/h2-10,16H,1,11H2;5H,4H2,1-3H3;1-2H. The lowest BCUT2D eigenvalue weighted by molar-refractivity contribution is 0.547. The highest BCUT2D eigenvalue weighted by Crippen LogP contribution is 2.43. The van der Waals surface area contributed by atoms with E-state index in [-0.39, 0.29) is 5.82 Å². The van der Waals surface area contributed by atoms with Crippen molar-refractivity contribution in [3.63, 3.8) is 0 Å². The topological polar surface area (TPSA) is 3.24 Å². The van der Waals surface area contributed by atoms with Gasteiger partial charge in [-0.1, -0.05) is 64.1 Å². The smallest absolute Gasteiger partial charge is 0.123 e. The second-order valence-electron chi connectivity index (χ2n) is 6.35. The van der Waals surface area contributed by atoms with Gasteiger partial charge in [0.2, 0.25) is 0 Å². The van der Waals surface area contributed by atoms with Crippen LogP contribution < -0.4 is 4.90 Å². The van der Waals surface area contributed by atoms with Crippen molar-refractivity contribution in [3.05, 3.63) is 78.3 Å². The van der Waals surface area contributed by atoms with E-state index in [0.717, 1.165) is 23.7 Å². The Labute approximate surface area is 152 Å². The highest BCUT2D eigenvalue weighted by atomic mass is 19.1. The fourth-order valence-electron chi connectivity index (χ4n) is 2.43. The summed E-state index contributed by atoms with van der Waals surface area (Å²) in [6.45, 7) is 10.7. The van der Waals surface area contributed by atoms with Crippen molar-refractivity contribution in [1.29, 1.82) is 0 Å². The van der Waals surface area contributed by atoms with Gasteiger partial charge in [-0.3, -0.25) is 0 Å². The summed E-state index contributed by atoms with van der Waals surface area (Å²) in [5.41, 5.74) is 3.35. The first-order valence-electron chi connectivity index (χ1n) is 8.63. The molecule has 1 fully saturated rings. The summed E-state index contributed by atoms with van der Waals surface area (Å²) in [5.74, 6) is 0.677. The number of rotatable bonds is 3. The van der Waals surface area contributed by atoms with Crippen LogP contribution in [-0.4, -0.2) is 0 Å². The Balaban J connectivity index is 0.000000388. The zero-order valence-electron chi connectivity index (χ0n) is 15.5. The molecule has 1 aliphatic rings. The number of anilines is 1. The summed E-state index contributed by atoms with van der Waals surface area (Å²) in [7, 11) is 0. The molecule has 0 bridgehead atoms. The average Bonchev–Trinajstić information content (AvgIpc) is 2.64. The van der Waals surface area contributed by atoms with Crippen molar-refractivity contribution < 1.29 is 4.39 Å². The number of hydrogen-bond acceptors (Lipinski definition) is 1. The van der Waals surface area contributed by atoms with Crippen LogP contribution in [0, 0.1) is 24.6 Å². The van der Waals surface area contributed by atoms with E-state index in [4.69, 9.17) is 0 Å². The molecule has 25 heavy (non-hydrogen) atoms. The Bertz CT molecular complexity index is 655. The monoisotopic (exact) mass is 337 g/mol. The minimum absolute atomic E-state index is 0.207. The van der Waals surface area contributed by atoms with Gasteiger partial charge in [0.1, 0.15) is 5.82 Å². The molecule has 1 aliphatic heterocycles. The third kappa shape index (κ3) is 5.80. The van der Waals surface area contributed by atoms with Gasteiger partial charge in [0.25, 0.3) is 0 Å². The Hall–Kier alpha value is -2.53. The Morgan fingerprint density at radius 1 is 1.08 bits per heavy atom. The quantitative estimate of drug-likeness (QED) is 0.571. The molecule has 2 aromatic carbocycles. The minimum Gasteiger partial charge on any atom is -0.338 e. The summed E-state index contributed by atoms with van der Waals surface area (Å²) >= 11 is 0. The van der Waals surface area contributed by atoms with E-state index in [2.05, 4.69) is 57.2 Å². The lowest BCUT2D eigenvalue weighted by Crippen LogP contribution is -2.38. The van der Waals surface area contributed by atoms with Crippen LogP contribution in [0.2, 0.25) is 0 Å². The van der Waals surface area contributed by atoms with Crippen LogP contribution in [0.25, 0.3) is 0 Å². The lowest BCUT2D eigenvalue weighted by atomic mass is 9.91. The minimum atomic E-state index is -0.207. The predicted molar refractivity (Wildman–Crippen MR) is 107 cm³/mol. The summed E-state index contributed by atoms with van der Waals surface area (Å²) in [5, 5.41) is 0. The molecule has 2 heteroatoms. The maximum atomic E-state index is 12.9. The van der Waals surface area contributed by atoms with Crippen LogP contribution in [-0.2, 0) is 0 Å². The molecule has 1 atom stereocenters.